The average Bonchev–Trinajstić information content (AvgIpc) is 2.61. The molecule has 1 unspecified atom stereocenters. The molecule has 0 saturated heterocycles. The van der Waals surface area contributed by atoms with Gasteiger partial charge in [-0.15, -0.1) is 0 Å². The SMILES string of the molecule is CNC1CNc2c(C)cc(OC)cc21. The maximum atomic E-state index is 5.26. The summed E-state index contributed by atoms with van der Waals surface area (Å²) in [5.41, 5.74) is 3.81. The summed E-state index contributed by atoms with van der Waals surface area (Å²) in [5.74, 6) is 0.935. The number of rotatable bonds is 2. The molecule has 76 valence electrons. The Morgan fingerprint density at radius 2 is 2.29 bits per heavy atom. The van der Waals surface area contributed by atoms with Crippen molar-refractivity contribution in [3.63, 3.8) is 0 Å². The Balaban J connectivity index is 2.47. The normalized spacial score (nSPS) is 18.9. The fourth-order valence-corrected chi connectivity index (χ4v) is 1.99. The minimum Gasteiger partial charge on any atom is -0.497 e. The minimum absolute atomic E-state index is 0.402. The summed E-state index contributed by atoms with van der Waals surface area (Å²) in [6.07, 6.45) is 0. The lowest BCUT2D eigenvalue weighted by atomic mass is 10.0. The molecule has 1 atom stereocenters. The van der Waals surface area contributed by atoms with Crippen LogP contribution in [0.15, 0.2) is 12.1 Å². The second-order valence-corrected chi connectivity index (χ2v) is 3.63. The van der Waals surface area contributed by atoms with E-state index in [-0.39, 0.29) is 0 Å². The summed E-state index contributed by atoms with van der Waals surface area (Å²) >= 11 is 0. The molecule has 3 nitrogen and oxygen atoms in total. The third-order valence-electron chi connectivity index (χ3n) is 2.78. The van der Waals surface area contributed by atoms with E-state index in [4.69, 9.17) is 4.74 Å². The van der Waals surface area contributed by atoms with Crippen molar-refractivity contribution in [1.82, 2.24) is 5.32 Å². The highest BCUT2D eigenvalue weighted by Gasteiger charge is 2.22. The van der Waals surface area contributed by atoms with E-state index < -0.39 is 0 Å². The van der Waals surface area contributed by atoms with Crippen molar-refractivity contribution < 1.29 is 4.74 Å². The highest BCUT2D eigenvalue weighted by molar-refractivity contribution is 5.64. The van der Waals surface area contributed by atoms with Crippen LogP contribution in [-0.2, 0) is 0 Å². The Kier molecular flexibility index (Phi) is 2.33. The van der Waals surface area contributed by atoms with Gasteiger partial charge in [0.25, 0.3) is 0 Å². The topological polar surface area (TPSA) is 33.3 Å². The molecule has 0 radical (unpaired) electrons. The Bertz CT molecular complexity index is 349. The quantitative estimate of drug-likeness (QED) is 0.748. The van der Waals surface area contributed by atoms with Crippen molar-refractivity contribution in [2.24, 2.45) is 0 Å². The summed E-state index contributed by atoms with van der Waals surface area (Å²) in [7, 11) is 3.69. The van der Waals surface area contributed by atoms with Gasteiger partial charge in [0.2, 0.25) is 0 Å². The molecule has 1 aliphatic heterocycles. The molecule has 1 heterocycles. The van der Waals surface area contributed by atoms with Crippen LogP contribution in [-0.4, -0.2) is 20.7 Å². The highest BCUT2D eigenvalue weighted by Crippen LogP contribution is 2.35. The number of anilines is 1. The number of ether oxygens (including phenoxy) is 1. The molecule has 3 heteroatoms. The number of methoxy groups -OCH3 is 1. The fraction of sp³-hybridized carbons (Fsp3) is 0.455. The lowest BCUT2D eigenvalue weighted by Gasteiger charge is -2.11. The van der Waals surface area contributed by atoms with Crippen LogP contribution in [0.4, 0.5) is 5.69 Å². The summed E-state index contributed by atoms with van der Waals surface area (Å²) in [6, 6.07) is 4.56. The zero-order valence-electron chi connectivity index (χ0n) is 8.85. The first-order chi connectivity index (χ1) is 6.76. The van der Waals surface area contributed by atoms with E-state index in [9.17, 15) is 0 Å². The largest absolute Gasteiger partial charge is 0.497 e. The number of hydrogen-bond acceptors (Lipinski definition) is 3. The van der Waals surface area contributed by atoms with E-state index in [0.717, 1.165) is 12.3 Å². The number of likely N-dealkylation sites (N-methyl/N-ethyl adjacent to an activating group) is 1. The number of fused-ring (bicyclic) bond motifs is 1. The predicted octanol–water partition coefficient (Wildman–Crippen LogP) is 1.69. The van der Waals surface area contributed by atoms with Crippen molar-refractivity contribution >= 4 is 5.69 Å². The second-order valence-electron chi connectivity index (χ2n) is 3.63. The second kappa shape index (κ2) is 3.50. The van der Waals surface area contributed by atoms with Gasteiger partial charge in [0.05, 0.1) is 13.2 Å². The van der Waals surface area contributed by atoms with E-state index in [1.807, 2.05) is 7.05 Å². The minimum atomic E-state index is 0.402. The van der Waals surface area contributed by atoms with Crippen LogP contribution in [0.1, 0.15) is 17.2 Å². The standard InChI is InChI=1S/C11H16N2O/c1-7-4-8(14-3)5-9-10(12-2)6-13-11(7)9/h4-5,10,12-13H,6H2,1-3H3. The molecule has 0 bridgehead atoms. The summed E-state index contributed by atoms with van der Waals surface area (Å²) in [6.45, 7) is 3.06. The van der Waals surface area contributed by atoms with Crippen molar-refractivity contribution in [2.45, 2.75) is 13.0 Å². The van der Waals surface area contributed by atoms with Crippen LogP contribution in [0.3, 0.4) is 0 Å². The van der Waals surface area contributed by atoms with Crippen LogP contribution < -0.4 is 15.4 Å². The molecule has 0 aliphatic carbocycles. The van der Waals surface area contributed by atoms with Crippen LogP contribution in [0.25, 0.3) is 0 Å². The van der Waals surface area contributed by atoms with E-state index >= 15 is 0 Å². The summed E-state index contributed by atoms with van der Waals surface area (Å²) in [5, 5.41) is 6.68. The van der Waals surface area contributed by atoms with Gasteiger partial charge in [-0.3, -0.25) is 0 Å². The summed E-state index contributed by atoms with van der Waals surface area (Å²) < 4.78 is 5.26. The Morgan fingerprint density at radius 3 is 2.93 bits per heavy atom. The van der Waals surface area contributed by atoms with E-state index in [1.54, 1.807) is 7.11 Å². The predicted molar refractivity (Wildman–Crippen MR) is 58.0 cm³/mol. The molecular weight excluding hydrogens is 176 g/mol. The number of aryl methyl sites for hydroxylation is 1. The molecule has 2 rings (SSSR count). The van der Waals surface area contributed by atoms with Gasteiger partial charge in [0, 0.05) is 12.2 Å². The van der Waals surface area contributed by atoms with Gasteiger partial charge in [-0.1, -0.05) is 0 Å². The molecule has 1 aromatic carbocycles. The number of nitrogens with one attached hydrogen (secondary N) is 2. The molecular formula is C11H16N2O. The molecule has 0 fully saturated rings. The lowest BCUT2D eigenvalue weighted by Crippen LogP contribution is -2.17. The van der Waals surface area contributed by atoms with Crippen molar-refractivity contribution in [3.05, 3.63) is 23.3 Å². The molecule has 2 N–H and O–H groups in total. The van der Waals surface area contributed by atoms with Crippen LogP contribution >= 0.6 is 0 Å². The molecule has 1 aliphatic rings. The first kappa shape index (κ1) is 9.34. The molecule has 0 amide bonds. The van der Waals surface area contributed by atoms with Gasteiger partial charge in [-0.25, -0.2) is 0 Å². The monoisotopic (exact) mass is 192 g/mol. The summed E-state index contributed by atoms with van der Waals surface area (Å²) in [4.78, 5) is 0. The molecule has 0 saturated carbocycles. The maximum absolute atomic E-state index is 5.26. The van der Waals surface area contributed by atoms with Gasteiger partial charge in [-0.2, -0.15) is 0 Å². The van der Waals surface area contributed by atoms with Gasteiger partial charge in [0.15, 0.2) is 0 Å². The van der Waals surface area contributed by atoms with Crippen molar-refractivity contribution in [1.29, 1.82) is 0 Å². The van der Waals surface area contributed by atoms with Gasteiger partial charge < -0.3 is 15.4 Å². The zero-order chi connectivity index (χ0) is 10.1. The zero-order valence-corrected chi connectivity index (χ0v) is 8.85. The van der Waals surface area contributed by atoms with Crippen LogP contribution in [0.2, 0.25) is 0 Å². The molecule has 1 aromatic rings. The first-order valence-corrected chi connectivity index (χ1v) is 4.86. The van der Waals surface area contributed by atoms with E-state index in [1.165, 1.54) is 16.8 Å². The Morgan fingerprint density at radius 1 is 1.50 bits per heavy atom. The van der Waals surface area contributed by atoms with Crippen molar-refractivity contribution in [3.8, 4) is 5.75 Å². The van der Waals surface area contributed by atoms with Gasteiger partial charge in [-0.05, 0) is 37.2 Å². The maximum Gasteiger partial charge on any atom is 0.119 e. The third kappa shape index (κ3) is 1.34. The van der Waals surface area contributed by atoms with E-state index in [0.29, 0.717) is 6.04 Å². The molecule has 0 spiro atoms. The van der Waals surface area contributed by atoms with E-state index in [2.05, 4.69) is 29.7 Å². The lowest BCUT2D eigenvalue weighted by molar-refractivity contribution is 0.413. The smallest absolute Gasteiger partial charge is 0.119 e. The Labute approximate surface area is 84.5 Å². The molecule has 14 heavy (non-hydrogen) atoms. The highest BCUT2D eigenvalue weighted by atomic mass is 16.5. The third-order valence-corrected chi connectivity index (χ3v) is 2.78. The fourth-order valence-electron chi connectivity index (χ4n) is 1.99. The van der Waals surface area contributed by atoms with Crippen LogP contribution in [0, 0.1) is 6.92 Å². The number of benzene rings is 1. The first-order valence-electron chi connectivity index (χ1n) is 4.86. The number of hydrogen-bond donors (Lipinski definition) is 2. The van der Waals surface area contributed by atoms with Gasteiger partial charge in [0.1, 0.15) is 5.75 Å². The van der Waals surface area contributed by atoms with Gasteiger partial charge >= 0.3 is 0 Å². The Hall–Kier alpha value is -1.22. The van der Waals surface area contributed by atoms with Crippen LogP contribution in [0.5, 0.6) is 5.75 Å². The molecule has 0 aromatic heterocycles. The van der Waals surface area contributed by atoms with Crippen molar-refractivity contribution in [2.75, 3.05) is 26.0 Å². The average molecular weight is 192 g/mol.